The van der Waals surface area contributed by atoms with Gasteiger partial charge in [-0.05, 0) is 57.0 Å². The zero-order valence-corrected chi connectivity index (χ0v) is 11.5. The largest absolute Gasteiger partial charge is 0.378 e. The number of anilines is 1. The molecule has 0 radical (unpaired) electrons. The number of aromatic nitrogens is 1. The van der Waals surface area contributed by atoms with Gasteiger partial charge < -0.3 is 5.32 Å². The number of nitrogens with zero attached hydrogens (tertiary/aromatic N) is 1. The van der Waals surface area contributed by atoms with Gasteiger partial charge in [0, 0.05) is 17.1 Å². The maximum absolute atomic E-state index is 4.56. The molecule has 1 aromatic carbocycles. The Morgan fingerprint density at radius 2 is 1.72 bits per heavy atom. The molecule has 0 bridgehead atoms. The van der Waals surface area contributed by atoms with E-state index in [0.29, 0.717) is 0 Å². The Kier molecular flexibility index (Phi) is 3.66. The normalized spacial score (nSPS) is 12.2. The van der Waals surface area contributed by atoms with Crippen LogP contribution in [0.5, 0.6) is 0 Å². The van der Waals surface area contributed by atoms with Gasteiger partial charge in [-0.3, -0.25) is 4.98 Å². The molecule has 1 aromatic heterocycles. The second kappa shape index (κ2) is 5.21. The molecule has 0 saturated carbocycles. The highest BCUT2D eigenvalue weighted by molar-refractivity contribution is 5.46. The van der Waals surface area contributed by atoms with Crippen LogP contribution in [-0.4, -0.2) is 4.98 Å². The summed E-state index contributed by atoms with van der Waals surface area (Å²) in [7, 11) is 0. The lowest BCUT2D eigenvalue weighted by Crippen LogP contribution is -2.11. The van der Waals surface area contributed by atoms with Crippen LogP contribution in [0.3, 0.4) is 0 Å². The van der Waals surface area contributed by atoms with Gasteiger partial charge in [0.25, 0.3) is 0 Å². The molecule has 0 aliphatic rings. The quantitative estimate of drug-likeness (QED) is 0.870. The van der Waals surface area contributed by atoms with Crippen molar-refractivity contribution in [2.45, 2.75) is 33.7 Å². The molecule has 94 valence electrons. The summed E-state index contributed by atoms with van der Waals surface area (Å²) < 4.78 is 0. The van der Waals surface area contributed by atoms with Crippen molar-refractivity contribution in [3.05, 3.63) is 58.9 Å². The van der Waals surface area contributed by atoms with Crippen molar-refractivity contribution in [2.24, 2.45) is 0 Å². The molecular weight excluding hydrogens is 220 g/mol. The maximum Gasteiger partial charge on any atom is 0.0506 e. The van der Waals surface area contributed by atoms with E-state index in [1.54, 1.807) is 0 Å². The molecule has 0 fully saturated rings. The molecule has 2 rings (SSSR count). The summed E-state index contributed by atoms with van der Waals surface area (Å²) >= 11 is 0. The Morgan fingerprint density at radius 1 is 1.06 bits per heavy atom. The van der Waals surface area contributed by atoms with Gasteiger partial charge in [-0.2, -0.15) is 0 Å². The van der Waals surface area contributed by atoms with Gasteiger partial charge >= 0.3 is 0 Å². The number of hydrogen-bond acceptors (Lipinski definition) is 2. The lowest BCUT2D eigenvalue weighted by molar-refractivity contribution is 0.843. The SMILES string of the molecule is Cc1cc(C)c(C(C)Nc2ccccc2)c(C)n1. The fraction of sp³-hybridized carbons (Fsp3) is 0.312. The Balaban J connectivity index is 2.27. The van der Waals surface area contributed by atoms with Gasteiger partial charge in [0.05, 0.1) is 6.04 Å². The van der Waals surface area contributed by atoms with Gasteiger partial charge in [-0.25, -0.2) is 0 Å². The van der Waals surface area contributed by atoms with Crippen molar-refractivity contribution in [1.29, 1.82) is 0 Å². The van der Waals surface area contributed by atoms with Crippen LogP contribution >= 0.6 is 0 Å². The van der Waals surface area contributed by atoms with E-state index in [4.69, 9.17) is 0 Å². The van der Waals surface area contributed by atoms with Crippen LogP contribution in [0.25, 0.3) is 0 Å². The molecule has 2 heteroatoms. The molecule has 1 unspecified atom stereocenters. The van der Waals surface area contributed by atoms with Crippen LogP contribution in [0.2, 0.25) is 0 Å². The summed E-state index contributed by atoms with van der Waals surface area (Å²) in [5.74, 6) is 0. The minimum atomic E-state index is 0.264. The zero-order chi connectivity index (χ0) is 13.1. The molecule has 0 spiro atoms. The molecule has 0 aliphatic carbocycles. The molecule has 0 aliphatic heterocycles. The lowest BCUT2D eigenvalue weighted by atomic mass is 10.00. The first-order valence-corrected chi connectivity index (χ1v) is 6.34. The van der Waals surface area contributed by atoms with Crippen LogP contribution in [-0.2, 0) is 0 Å². The minimum Gasteiger partial charge on any atom is -0.378 e. The van der Waals surface area contributed by atoms with E-state index in [-0.39, 0.29) is 6.04 Å². The molecule has 18 heavy (non-hydrogen) atoms. The average Bonchev–Trinajstić information content (AvgIpc) is 2.28. The van der Waals surface area contributed by atoms with Crippen LogP contribution in [0, 0.1) is 20.8 Å². The first kappa shape index (κ1) is 12.6. The molecule has 1 N–H and O–H groups in total. The van der Waals surface area contributed by atoms with Gasteiger partial charge in [0.1, 0.15) is 0 Å². The Morgan fingerprint density at radius 3 is 2.33 bits per heavy atom. The maximum atomic E-state index is 4.56. The third-order valence-corrected chi connectivity index (χ3v) is 3.17. The summed E-state index contributed by atoms with van der Waals surface area (Å²) in [6.45, 7) is 8.46. The lowest BCUT2D eigenvalue weighted by Gasteiger charge is -2.20. The van der Waals surface area contributed by atoms with Crippen LogP contribution in [0.1, 0.15) is 35.5 Å². The predicted octanol–water partition coefficient (Wildman–Crippen LogP) is 4.18. The number of pyridine rings is 1. The Labute approximate surface area is 109 Å². The molecule has 1 heterocycles. The van der Waals surface area contributed by atoms with E-state index >= 15 is 0 Å². The zero-order valence-electron chi connectivity index (χ0n) is 11.5. The number of benzene rings is 1. The Bertz CT molecular complexity index is 509. The standard InChI is InChI=1S/C16H20N2/c1-11-10-12(2)17-13(3)16(11)14(4)18-15-8-6-5-7-9-15/h5-10,14,18H,1-4H3. The molecule has 2 aromatic rings. The van der Waals surface area contributed by atoms with E-state index in [2.05, 4.69) is 49.3 Å². The van der Waals surface area contributed by atoms with E-state index in [9.17, 15) is 0 Å². The van der Waals surface area contributed by atoms with Crippen LogP contribution in [0.4, 0.5) is 5.69 Å². The monoisotopic (exact) mass is 240 g/mol. The topological polar surface area (TPSA) is 24.9 Å². The number of para-hydroxylation sites is 1. The molecule has 2 nitrogen and oxygen atoms in total. The van der Waals surface area contributed by atoms with Crippen molar-refractivity contribution in [3.63, 3.8) is 0 Å². The average molecular weight is 240 g/mol. The number of nitrogens with one attached hydrogen (secondary N) is 1. The number of aryl methyl sites for hydroxylation is 3. The summed E-state index contributed by atoms with van der Waals surface area (Å²) in [5, 5.41) is 3.52. The van der Waals surface area contributed by atoms with E-state index in [0.717, 1.165) is 17.1 Å². The first-order chi connectivity index (χ1) is 8.58. The van der Waals surface area contributed by atoms with Crippen molar-refractivity contribution in [3.8, 4) is 0 Å². The van der Waals surface area contributed by atoms with Crippen LogP contribution < -0.4 is 5.32 Å². The fourth-order valence-electron chi connectivity index (χ4n) is 2.54. The van der Waals surface area contributed by atoms with Crippen molar-refractivity contribution >= 4 is 5.69 Å². The molecule has 0 amide bonds. The second-order valence-electron chi connectivity index (χ2n) is 4.81. The highest BCUT2D eigenvalue weighted by atomic mass is 14.9. The molecule has 1 atom stereocenters. The van der Waals surface area contributed by atoms with Crippen molar-refractivity contribution < 1.29 is 0 Å². The van der Waals surface area contributed by atoms with Gasteiger partial charge in [-0.15, -0.1) is 0 Å². The van der Waals surface area contributed by atoms with Gasteiger partial charge in [-0.1, -0.05) is 18.2 Å². The predicted molar refractivity (Wildman–Crippen MR) is 76.9 cm³/mol. The third-order valence-electron chi connectivity index (χ3n) is 3.17. The van der Waals surface area contributed by atoms with E-state index in [1.807, 2.05) is 25.1 Å². The molecular formula is C16H20N2. The summed E-state index contributed by atoms with van der Waals surface area (Å²) in [5.41, 5.74) is 5.94. The summed E-state index contributed by atoms with van der Waals surface area (Å²) in [4.78, 5) is 4.56. The third kappa shape index (κ3) is 2.70. The highest BCUT2D eigenvalue weighted by Gasteiger charge is 2.12. The fourth-order valence-corrected chi connectivity index (χ4v) is 2.54. The summed E-state index contributed by atoms with van der Waals surface area (Å²) in [6, 6.07) is 12.7. The second-order valence-corrected chi connectivity index (χ2v) is 4.81. The van der Waals surface area contributed by atoms with Crippen molar-refractivity contribution in [2.75, 3.05) is 5.32 Å². The van der Waals surface area contributed by atoms with E-state index in [1.165, 1.54) is 11.1 Å². The summed E-state index contributed by atoms with van der Waals surface area (Å²) in [6.07, 6.45) is 0. The first-order valence-electron chi connectivity index (χ1n) is 6.34. The smallest absolute Gasteiger partial charge is 0.0506 e. The minimum absolute atomic E-state index is 0.264. The number of rotatable bonds is 3. The highest BCUT2D eigenvalue weighted by Crippen LogP contribution is 2.24. The Hall–Kier alpha value is -1.83. The van der Waals surface area contributed by atoms with Gasteiger partial charge in [0.2, 0.25) is 0 Å². The van der Waals surface area contributed by atoms with Crippen LogP contribution in [0.15, 0.2) is 36.4 Å². The number of hydrogen-bond donors (Lipinski definition) is 1. The van der Waals surface area contributed by atoms with Crippen molar-refractivity contribution in [1.82, 2.24) is 4.98 Å². The van der Waals surface area contributed by atoms with Gasteiger partial charge in [0.15, 0.2) is 0 Å². The van der Waals surface area contributed by atoms with E-state index < -0.39 is 0 Å². The molecule has 0 saturated heterocycles.